The van der Waals surface area contributed by atoms with Gasteiger partial charge in [-0.1, -0.05) is 23.7 Å². The Morgan fingerprint density at radius 1 is 1.18 bits per heavy atom. The number of halogens is 1. The van der Waals surface area contributed by atoms with Crippen molar-refractivity contribution in [2.75, 3.05) is 19.5 Å². The lowest BCUT2D eigenvalue weighted by Crippen LogP contribution is -2.19. The molecule has 0 heterocycles. The van der Waals surface area contributed by atoms with Crippen LogP contribution in [0.1, 0.15) is 24.1 Å². The Kier molecular flexibility index (Phi) is 7.30. The molecule has 28 heavy (non-hydrogen) atoms. The van der Waals surface area contributed by atoms with Crippen LogP contribution in [0.25, 0.3) is 0 Å². The van der Waals surface area contributed by atoms with E-state index in [9.17, 15) is 10.1 Å². The Balaban J connectivity index is 2.13. The van der Waals surface area contributed by atoms with Gasteiger partial charge in [0.1, 0.15) is 11.6 Å². The second kappa shape index (κ2) is 9.67. The SMILES string of the molecule is COc1ccc(C(C)N/C=C(/C#N)C(=O)Nc2cc(Cl)ccc2C)cc1OC. The number of rotatable bonds is 7. The summed E-state index contributed by atoms with van der Waals surface area (Å²) in [5.74, 6) is 0.718. The van der Waals surface area contributed by atoms with Gasteiger partial charge in [0, 0.05) is 23.0 Å². The molecule has 1 amide bonds. The van der Waals surface area contributed by atoms with Crippen molar-refractivity contribution in [3.8, 4) is 17.6 Å². The first-order valence-electron chi connectivity index (χ1n) is 8.55. The van der Waals surface area contributed by atoms with Gasteiger partial charge < -0.3 is 20.1 Å². The maximum atomic E-state index is 12.4. The minimum Gasteiger partial charge on any atom is -0.493 e. The summed E-state index contributed by atoms with van der Waals surface area (Å²) in [5.41, 5.74) is 2.28. The van der Waals surface area contributed by atoms with E-state index in [0.29, 0.717) is 22.2 Å². The summed E-state index contributed by atoms with van der Waals surface area (Å²) in [6.45, 7) is 3.75. The summed E-state index contributed by atoms with van der Waals surface area (Å²) in [4.78, 5) is 12.4. The first kappa shape index (κ1) is 21.1. The molecule has 2 N–H and O–H groups in total. The molecule has 0 saturated carbocycles. The number of carbonyl (C=O) groups excluding carboxylic acids is 1. The number of nitrogens with one attached hydrogen (secondary N) is 2. The molecule has 1 atom stereocenters. The highest BCUT2D eigenvalue weighted by atomic mass is 35.5. The van der Waals surface area contributed by atoms with Crippen molar-refractivity contribution in [3.05, 3.63) is 64.3 Å². The van der Waals surface area contributed by atoms with Crippen LogP contribution in [0, 0.1) is 18.3 Å². The first-order valence-corrected chi connectivity index (χ1v) is 8.93. The third-order valence-electron chi connectivity index (χ3n) is 4.20. The van der Waals surface area contributed by atoms with E-state index >= 15 is 0 Å². The molecule has 6 nitrogen and oxygen atoms in total. The number of hydrogen-bond donors (Lipinski definition) is 2. The maximum absolute atomic E-state index is 12.4. The molecule has 7 heteroatoms. The van der Waals surface area contributed by atoms with Crippen LogP contribution in [-0.4, -0.2) is 20.1 Å². The zero-order valence-corrected chi connectivity index (χ0v) is 16.9. The van der Waals surface area contributed by atoms with Gasteiger partial charge in [-0.05, 0) is 49.2 Å². The topological polar surface area (TPSA) is 83.4 Å². The molecule has 2 rings (SSSR count). The highest BCUT2D eigenvalue weighted by molar-refractivity contribution is 6.31. The third kappa shape index (κ3) is 5.18. The van der Waals surface area contributed by atoms with Gasteiger partial charge in [-0.3, -0.25) is 4.79 Å². The van der Waals surface area contributed by atoms with E-state index < -0.39 is 5.91 Å². The number of amides is 1. The molecule has 0 bridgehead atoms. The van der Waals surface area contributed by atoms with E-state index in [2.05, 4.69) is 10.6 Å². The van der Waals surface area contributed by atoms with Gasteiger partial charge in [0.2, 0.25) is 0 Å². The predicted octanol–water partition coefficient (Wildman–Crippen LogP) is 4.36. The molecule has 0 aliphatic carbocycles. The lowest BCUT2D eigenvalue weighted by molar-refractivity contribution is -0.112. The normalized spacial score (nSPS) is 11.9. The standard InChI is InChI=1S/C21H22ClN3O3/c1-13-5-7-17(22)10-18(13)25-21(26)16(11-23)12-24-14(2)15-6-8-19(27-3)20(9-15)28-4/h5-10,12,14,24H,1-4H3,(H,25,26)/b16-12-. The highest BCUT2D eigenvalue weighted by Crippen LogP contribution is 2.30. The largest absolute Gasteiger partial charge is 0.493 e. The number of methoxy groups -OCH3 is 2. The lowest BCUT2D eigenvalue weighted by atomic mass is 10.1. The van der Waals surface area contributed by atoms with Crippen LogP contribution in [0.5, 0.6) is 11.5 Å². The fourth-order valence-electron chi connectivity index (χ4n) is 2.49. The molecular formula is C21H22ClN3O3. The zero-order chi connectivity index (χ0) is 20.7. The molecule has 0 aliphatic rings. The molecule has 0 saturated heterocycles. The van der Waals surface area contributed by atoms with Crippen molar-refractivity contribution in [2.45, 2.75) is 19.9 Å². The van der Waals surface area contributed by atoms with E-state index in [1.54, 1.807) is 38.5 Å². The Morgan fingerprint density at radius 2 is 1.89 bits per heavy atom. The Labute approximate surface area is 169 Å². The van der Waals surface area contributed by atoms with E-state index in [-0.39, 0.29) is 11.6 Å². The van der Waals surface area contributed by atoms with Crippen molar-refractivity contribution in [3.63, 3.8) is 0 Å². The summed E-state index contributed by atoms with van der Waals surface area (Å²) in [5, 5.41) is 15.6. The lowest BCUT2D eigenvalue weighted by Gasteiger charge is -2.15. The second-order valence-electron chi connectivity index (χ2n) is 6.09. The number of nitrogens with zero attached hydrogens (tertiary/aromatic N) is 1. The highest BCUT2D eigenvalue weighted by Gasteiger charge is 2.13. The van der Waals surface area contributed by atoms with Crippen molar-refractivity contribution < 1.29 is 14.3 Å². The van der Waals surface area contributed by atoms with E-state index in [1.165, 1.54) is 6.20 Å². The molecule has 0 aromatic heterocycles. The van der Waals surface area contributed by atoms with E-state index in [4.69, 9.17) is 21.1 Å². The Bertz CT molecular complexity index is 935. The monoisotopic (exact) mass is 399 g/mol. The average molecular weight is 400 g/mol. The Morgan fingerprint density at radius 3 is 2.54 bits per heavy atom. The van der Waals surface area contributed by atoms with Crippen LogP contribution in [0.3, 0.4) is 0 Å². The minimum atomic E-state index is -0.514. The van der Waals surface area contributed by atoms with Gasteiger partial charge in [-0.2, -0.15) is 5.26 Å². The maximum Gasteiger partial charge on any atom is 0.267 e. The molecule has 2 aromatic rings. The van der Waals surface area contributed by atoms with Gasteiger partial charge in [0.05, 0.1) is 14.2 Å². The van der Waals surface area contributed by atoms with Gasteiger partial charge in [0.25, 0.3) is 5.91 Å². The van der Waals surface area contributed by atoms with Crippen LogP contribution in [-0.2, 0) is 4.79 Å². The summed E-state index contributed by atoms with van der Waals surface area (Å²) in [6, 6.07) is 12.4. The Hall–Kier alpha value is -3.17. The number of aryl methyl sites for hydroxylation is 1. The molecule has 0 fully saturated rings. The fourth-order valence-corrected chi connectivity index (χ4v) is 2.67. The van der Waals surface area contributed by atoms with Crippen LogP contribution in [0.15, 0.2) is 48.2 Å². The molecule has 0 aliphatic heterocycles. The van der Waals surface area contributed by atoms with Crippen molar-refractivity contribution in [1.29, 1.82) is 5.26 Å². The summed E-state index contributed by atoms with van der Waals surface area (Å²) in [7, 11) is 3.14. The van der Waals surface area contributed by atoms with Gasteiger partial charge in [-0.15, -0.1) is 0 Å². The van der Waals surface area contributed by atoms with E-state index in [1.807, 2.05) is 32.0 Å². The van der Waals surface area contributed by atoms with Crippen molar-refractivity contribution in [1.82, 2.24) is 5.32 Å². The third-order valence-corrected chi connectivity index (χ3v) is 4.43. The molecule has 2 aromatic carbocycles. The van der Waals surface area contributed by atoms with Crippen LogP contribution < -0.4 is 20.1 Å². The number of nitriles is 1. The average Bonchev–Trinajstić information content (AvgIpc) is 2.70. The molecule has 1 unspecified atom stereocenters. The predicted molar refractivity (Wildman–Crippen MR) is 110 cm³/mol. The quantitative estimate of drug-likeness (QED) is 0.533. The van der Waals surface area contributed by atoms with Gasteiger partial charge in [0.15, 0.2) is 11.5 Å². The number of benzene rings is 2. The van der Waals surface area contributed by atoms with Crippen LogP contribution >= 0.6 is 11.6 Å². The van der Waals surface area contributed by atoms with E-state index in [0.717, 1.165) is 11.1 Å². The van der Waals surface area contributed by atoms with Gasteiger partial charge in [-0.25, -0.2) is 0 Å². The fraction of sp³-hybridized carbons (Fsp3) is 0.238. The number of hydrogen-bond acceptors (Lipinski definition) is 5. The van der Waals surface area contributed by atoms with Crippen LogP contribution in [0.4, 0.5) is 5.69 Å². The second-order valence-corrected chi connectivity index (χ2v) is 6.52. The summed E-state index contributed by atoms with van der Waals surface area (Å²) >= 11 is 5.97. The smallest absolute Gasteiger partial charge is 0.267 e. The van der Waals surface area contributed by atoms with Crippen molar-refractivity contribution >= 4 is 23.2 Å². The number of anilines is 1. The molecular weight excluding hydrogens is 378 g/mol. The molecule has 146 valence electrons. The molecule has 0 radical (unpaired) electrons. The molecule has 0 spiro atoms. The van der Waals surface area contributed by atoms with Crippen molar-refractivity contribution in [2.24, 2.45) is 0 Å². The first-order chi connectivity index (χ1) is 13.4. The number of carbonyl (C=O) groups is 1. The number of ether oxygens (including phenoxy) is 2. The zero-order valence-electron chi connectivity index (χ0n) is 16.2. The summed E-state index contributed by atoms with van der Waals surface area (Å²) < 4.78 is 10.5. The van der Waals surface area contributed by atoms with Crippen LogP contribution in [0.2, 0.25) is 5.02 Å². The minimum absolute atomic E-state index is 0.0493. The summed E-state index contributed by atoms with van der Waals surface area (Å²) in [6.07, 6.45) is 1.40. The van der Waals surface area contributed by atoms with Gasteiger partial charge >= 0.3 is 0 Å².